The van der Waals surface area contributed by atoms with E-state index in [2.05, 4.69) is 15.2 Å². The number of hydrogen-bond donors (Lipinski definition) is 1. The van der Waals surface area contributed by atoms with Crippen LogP contribution < -0.4 is 4.74 Å². The molecule has 158 valence electrons. The Morgan fingerprint density at radius 1 is 0.967 bits per heavy atom. The van der Waals surface area contributed by atoms with Gasteiger partial charge in [-0.2, -0.15) is 0 Å². The number of nitrogens with zero attached hydrogens (tertiary/aromatic N) is 4. The summed E-state index contributed by atoms with van der Waals surface area (Å²) in [4.78, 5) is 2.08. The van der Waals surface area contributed by atoms with Gasteiger partial charge < -0.3 is 9.84 Å². The standard InChI is InChI=1S/C18H13F5N4O2S/c19-30(20,21,22,23)14-5-3-13(4-6-14)29-18-15(2-1-8-24-18)12-7-9-27-16(10-12)25-26-17(27)11-28/h1-10,28H,11H2. The second kappa shape index (κ2) is 6.12. The first-order valence-electron chi connectivity index (χ1n) is 8.36. The van der Waals surface area contributed by atoms with E-state index in [1.807, 2.05) is 0 Å². The van der Waals surface area contributed by atoms with Crippen LogP contribution in [0.3, 0.4) is 0 Å². The fourth-order valence-corrected chi connectivity index (χ4v) is 3.43. The first-order chi connectivity index (χ1) is 13.9. The van der Waals surface area contributed by atoms with Crippen molar-refractivity contribution in [3.63, 3.8) is 0 Å². The van der Waals surface area contributed by atoms with Gasteiger partial charge in [0.05, 0.1) is 0 Å². The number of ether oxygens (including phenoxy) is 1. The highest BCUT2D eigenvalue weighted by atomic mass is 32.5. The van der Waals surface area contributed by atoms with Crippen molar-refractivity contribution >= 4 is 15.9 Å². The Morgan fingerprint density at radius 3 is 2.37 bits per heavy atom. The van der Waals surface area contributed by atoms with Gasteiger partial charge in [0.25, 0.3) is 0 Å². The molecule has 0 bridgehead atoms. The maximum Gasteiger partial charge on any atom is 0.310 e. The van der Waals surface area contributed by atoms with Crippen LogP contribution in [0, 0.1) is 0 Å². The molecule has 0 atom stereocenters. The summed E-state index contributed by atoms with van der Waals surface area (Å²) in [6.07, 6.45) is 3.05. The lowest BCUT2D eigenvalue weighted by atomic mass is 10.1. The molecule has 0 radical (unpaired) electrons. The van der Waals surface area contributed by atoms with Crippen molar-refractivity contribution in [2.24, 2.45) is 0 Å². The zero-order chi connectivity index (χ0) is 21.6. The van der Waals surface area contributed by atoms with Gasteiger partial charge in [-0.25, -0.2) is 4.98 Å². The molecule has 0 saturated heterocycles. The predicted octanol–water partition coefficient (Wildman–Crippen LogP) is 5.73. The molecule has 0 spiro atoms. The number of halogens is 5. The fraction of sp³-hybridized carbons (Fsp3) is 0.0556. The van der Waals surface area contributed by atoms with Crippen molar-refractivity contribution in [2.45, 2.75) is 11.5 Å². The number of fused-ring (bicyclic) bond motifs is 1. The van der Waals surface area contributed by atoms with Crippen LogP contribution >= 0.6 is 10.2 Å². The number of aliphatic hydroxyl groups is 1. The third-order valence-corrected chi connectivity index (χ3v) is 5.35. The number of aliphatic hydroxyl groups excluding tert-OH is 1. The van der Waals surface area contributed by atoms with Crippen LogP contribution in [0.2, 0.25) is 0 Å². The molecule has 3 aromatic heterocycles. The molecule has 0 unspecified atom stereocenters. The van der Waals surface area contributed by atoms with Crippen LogP contribution in [0.5, 0.6) is 11.6 Å². The molecule has 0 saturated carbocycles. The number of hydrogen-bond acceptors (Lipinski definition) is 5. The van der Waals surface area contributed by atoms with Gasteiger partial charge >= 0.3 is 10.2 Å². The van der Waals surface area contributed by atoms with Crippen LogP contribution in [0.25, 0.3) is 16.8 Å². The third-order valence-electron chi connectivity index (χ3n) is 4.19. The summed E-state index contributed by atoms with van der Waals surface area (Å²) in [7, 11) is -9.75. The molecule has 4 aromatic rings. The Kier molecular flexibility index (Phi) is 4.09. The second-order valence-electron chi connectivity index (χ2n) is 6.32. The minimum atomic E-state index is -9.75. The second-order valence-corrected chi connectivity index (χ2v) is 8.73. The van der Waals surface area contributed by atoms with Gasteiger partial charge in [0.1, 0.15) is 17.3 Å². The maximum absolute atomic E-state index is 12.9. The lowest BCUT2D eigenvalue weighted by Crippen LogP contribution is -2.05. The van der Waals surface area contributed by atoms with E-state index in [-0.39, 0.29) is 30.4 Å². The summed E-state index contributed by atoms with van der Waals surface area (Å²) in [6, 6.07) is 8.81. The first-order valence-corrected chi connectivity index (χ1v) is 10.3. The first kappa shape index (κ1) is 20.0. The number of rotatable bonds is 5. The molecule has 3 heterocycles. The smallest absolute Gasteiger partial charge is 0.310 e. The van der Waals surface area contributed by atoms with Gasteiger partial charge in [0.2, 0.25) is 5.88 Å². The van der Waals surface area contributed by atoms with Crippen LogP contribution in [0.15, 0.2) is 65.8 Å². The molecule has 1 aromatic carbocycles. The lowest BCUT2D eigenvalue weighted by Gasteiger charge is -2.40. The lowest BCUT2D eigenvalue weighted by molar-refractivity contribution is 0.270. The van der Waals surface area contributed by atoms with E-state index in [4.69, 9.17) is 4.74 Å². The molecule has 12 heteroatoms. The summed E-state index contributed by atoms with van der Waals surface area (Å²) >= 11 is 0. The minimum absolute atomic E-state index is 0.0591. The fourth-order valence-electron chi connectivity index (χ4n) is 2.78. The van der Waals surface area contributed by atoms with E-state index < -0.39 is 15.1 Å². The van der Waals surface area contributed by atoms with Crippen molar-refractivity contribution in [3.8, 4) is 22.8 Å². The van der Waals surface area contributed by atoms with Gasteiger partial charge in [0, 0.05) is 18.0 Å². The van der Waals surface area contributed by atoms with Crippen molar-refractivity contribution in [1.82, 2.24) is 19.6 Å². The van der Waals surface area contributed by atoms with Gasteiger partial charge in [0.15, 0.2) is 11.5 Å². The Labute approximate surface area is 166 Å². The molecule has 0 fully saturated rings. The van der Waals surface area contributed by atoms with Gasteiger partial charge in [-0.15, -0.1) is 10.2 Å². The third kappa shape index (κ3) is 3.91. The summed E-state index contributed by atoms with van der Waals surface area (Å²) in [6.45, 7) is -0.295. The Bertz CT molecular complexity index is 1240. The van der Waals surface area contributed by atoms with E-state index in [0.717, 1.165) is 12.1 Å². The highest BCUT2D eigenvalue weighted by Crippen LogP contribution is 3.02. The van der Waals surface area contributed by atoms with Crippen LogP contribution in [-0.4, -0.2) is 24.7 Å². The van der Waals surface area contributed by atoms with Gasteiger partial charge in [-0.3, -0.25) is 4.40 Å². The summed E-state index contributed by atoms with van der Waals surface area (Å²) in [5.74, 6) is 0.318. The van der Waals surface area contributed by atoms with Crippen LogP contribution in [0.4, 0.5) is 19.4 Å². The Morgan fingerprint density at radius 2 is 1.70 bits per heavy atom. The monoisotopic (exact) mass is 444 g/mol. The highest BCUT2D eigenvalue weighted by molar-refractivity contribution is 8.45. The molecular formula is C18H13F5N4O2S. The average Bonchev–Trinajstić information content (AvgIpc) is 3.09. The SMILES string of the molecule is OCc1nnc2cc(-c3cccnc3Oc3ccc(S(F)(F)(F)(F)F)cc3)ccn12. The zero-order valence-electron chi connectivity index (χ0n) is 14.9. The van der Waals surface area contributed by atoms with Crippen LogP contribution in [0.1, 0.15) is 5.82 Å². The van der Waals surface area contributed by atoms with Gasteiger partial charge in [-0.1, -0.05) is 19.4 Å². The average molecular weight is 444 g/mol. The van der Waals surface area contributed by atoms with Crippen LogP contribution in [-0.2, 0) is 6.61 Å². The van der Waals surface area contributed by atoms with E-state index in [1.165, 1.54) is 6.20 Å². The summed E-state index contributed by atoms with van der Waals surface area (Å²) in [5, 5.41) is 17.0. The number of pyridine rings is 2. The molecule has 0 aliphatic rings. The van der Waals surface area contributed by atoms with E-state index in [1.54, 1.807) is 34.9 Å². The molecule has 6 nitrogen and oxygen atoms in total. The normalized spacial score (nSPS) is 14.3. The van der Waals surface area contributed by atoms with E-state index >= 15 is 0 Å². The predicted molar refractivity (Wildman–Crippen MR) is 100 cm³/mol. The van der Waals surface area contributed by atoms with E-state index in [9.17, 15) is 24.5 Å². The number of aromatic nitrogens is 4. The molecule has 1 N–H and O–H groups in total. The molecular weight excluding hydrogens is 431 g/mol. The zero-order valence-corrected chi connectivity index (χ0v) is 15.7. The van der Waals surface area contributed by atoms with Crippen molar-refractivity contribution in [1.29, 1.82) is 0 Å². The molecule has 0 aliphatic carbocycles. The summed E-state index contributed by atoms with van der Waals surface area (Å²) in [5.41, 5.74) is 1.56. The maximum atomic E-state index is 12.9. The molecule has 4 rings (SSSR count). The van der Waals surface area contributed by atoms with Crippen molar-refractivity contribution < 1.29 is 29.3 Å². The molecule has 30 heavy (non-hydrogen) atoms. The van der Waals surface area contributed by atoms with Crippen molar-refractivity contribution in [3.05, 3.63) is 66.7 Å². The highest BCUT2D eigenvalue weighted by Gasteiger charge is 2.65. The van der Waals surface area contributed by atoms with Gasteiger partial charge in [-0.05, 0) is 54.1 Å². The largest absolute Gasteiger partial charge is 0.438 e. The minimum Gasteiger partial charge on any atom is -0.438 e. The molecule has 0 aliphatic heterocycles. The number of benzene rings is 1. The topological polar surface area (TPSA) is 72.5 Å². The quantitative estimate of drug-likeness (QED) is 0.398. The van der Waals surface area contributed by atoms with Crippen molar-refractivity contribution in [2.75, 3.05) is 0 Å². The Balaban J connectivity index is 1.68. The Hall–Kier alpha value is -3.25. The van der Waals surface area contributed by atoms with E-state index in [0.29, 0.717) is 22.6 Å². The summed E-state index contributed by atoms with van der Waals surface area (Å²) < 4.78 is 71.4. The molecule has 0 amide bonds.